The van der Waals surface area contributed by atoms with Gasteiger partial charge in [-0.3, -0.25) is 0 Å². The lowest BCUT2D eigenvalue weighted by atomic mass is 9.96. The van der Waals surface area contributed by atoms with Gasteiger partial charge in [-0.15, -0.1) is 0 Å². The summed E-state index contributed by atoms with van der Waals surface area (Å²) in [6.07, 6.45) is 7.77. The molecule has 2 aliphatic heterocycles. The first-order valence-corrected chi connectivity index (χ1v) is 12.5. The van der Waals surface area contributed by atoms with Crippen LogP contribution in [-0.2, 0) is 9.47 Å². The summed E-state index contributed by atoms with van der Waals surface area (Å²) in [4.78, 5) is 0. The van der Waals surface area contributed by atoms with Gasteiger partial charge in [-0.25, -0.2) is 0 Å². The molecule has 0 radical (unpaired) electrons. The predicted octanol–water partition coefficient (Wildman–Crippen LogP) is 2.07. The first-order valence-electron chi connectivity index (χ1n) is 7.45. The van der Waals surface area contributed by atoms with Gasteiger partial charge in [-0.2, -0.15) is 0 Å². The summed E-state index contributed by atoms with van der Waals surface area (Å²) in [5, 5.41) is 0.360. The maximum Gasteiger partial charge on any atom is 0.0794 e. The summed E-state index contributed by atoms with van der Waals surface area (Å²) >= 11 is 0. The zero-order chi connectivity index (χ0) is 12.4. The number of hydrogen-bond acceptors (Lipinski definition) is 2. The van der Waals surface area contributed by atoms with Gasteiger partial charge in [-0.1, -0.05) is 19.6 Å². The second-order valence-electron chi connectivity index (χ2n) is 6.00. The Labute approximate surface area is 110 Å². The second-order valence-corrected chi connectivity index (χ2v) is 11.1. The highest BCUT2D eigenvalue weighted by atomic mass is 28.3. The molecule has 2 saturated heterocycles. The van der Waals surface area contributed by atoms with Crippen LogP contribution in [0.3, 0.4) is 0 Å². The van der Waals surface area contributed by atoms with Crippen molar-refractivity contribution in [2.75, 3.05) is 13.2 Å². The van der Waals surface area contributed by atoms with E-state index in [1.807, 2.05) is 0 Å². The van der Waals surface area contributed by atoms with Gasteiger partial charge in [0.05, 0.1) is 28.8 Å². The SMILES string of the molecule is C[SiH2]C1(C2([SiH](C)C)CCCCO2)CCCCO1. The molecule has 0 N–H and O–H groups in total. The fourth-order valence-electron chi connectivity index (χ4n) is 3.92. The van der Waals surface area contributed by atoms with Crippen LogP contribution in [0.2, 0.25) is 19.6 Å². The molecule has 2 unspecified atom stereocenters. The molecule has 0 aromatic carbocycles. The Bertz CT molecular complexity index is 244. The smallest absolute Gasteiger partial charge is 0.0794 e. The van der Waals surface area contributed by atoms with Crippen LogP contribution in [0.1, 0.15) is 38.5 Å². The number of hydrogen-bond donors (Lipinski definition) is 0. The van der Waals surface area contributed by atoms with Gasteiger partial charge in [0.1, 0.15) is 0 Å². The fourth-order valence-corrected chi connectivity index (χ4v) is 10.1. The zero-order valence-corrected chi connectivity index (χ0v) is 14.3. The molecule has 100 valence electrons. The molecular weight excluding hydrogens is 244 g/mol. The van der Waals surface area contributed by atoms with Crippen molar-refractivity contribution in [3.63, 3.8) is 0 Å². The van der Waals surface area contributed by atoms with Crippen LogP contribution in [0.15, 0.2) is 0 Å². The van der Waals surface area contributed by atoms with E-state index in [-0.39, 0.29) is 20.0 Å². The van der Waals surface area contributed by atoms with Crippen molar-refractivity contribution >= 4 is 18.3 Å². The Hall–Kier alpha value is 0.354. The normalized spacial score (nSPS) is 40.2. The lowest BCUT2D eigenvalue weighted by molar-refractivity contribution is -0.162. The maximum atomic E-state index is 6.43. The van der Waals surface area contributed by atoms with Crippen LogP contribution >= 0.6 is 0 Å². The van der Waals surface area contributed by atoms with Crippen LogP contribution in [0, 0.1) is 0 Å². The summed E-state index contributed by atoms with van der Waals surface area (Å²) < 4.78 is 12.8. The number of ether oxygens (including phenoxy) is 2. The molecule has 0 aromatic rings. The van der Waals surface area contributed by atoms with E-state index < -0.39 is 8.80 Å². The van der Waals surface area contributed by atoms with E-state index in [2.05, 4.69) is 19.6 Å². The molecular formula is C13H28O2Si2. The van der Waals surface area contributed by atoms with Gasteiger partial charge < -0.3 is 9.47 Å². The van der Waals surface area contributed by atoms with Crippen LogP contribution in [0.4, 0.5) is 0 Å². The Kier molecular flexibility index (Phi) is 4.50. The van der Waals surface area contributed by atoms with Crippen molar-refractivity contribution in [1.82, 2.24) is 0 Å². The highest BCUT2D eigenvalue weighted by Crippen LogP contribution is 2.43. The van der Waals surface area contributed by atoms with E-state index in [4.69, 9.17) is 9.47 Å². The lowest BCUT2D eigenvalue weighted by Gasteiger charge is -2.55. The molecule has 2 rings (SSSR count). The summed E-state index contributed by atoms with van der Waals surface area (Å²) in [5.74, 6) is 0. The summed E-state index contributed by atoms with van der Waals surface area (Å²) in [5.41, 5.74) is 0. The maximum absolute atomic E-state index is 6.43. The molecule has 0 bridgehead atoms. The Morgan fingerprint density at radius 2 is 1.59 bits per heavy atom. The van der Waals surface area contributed by atoms with E-state index in [9.17, 15) is 0 Å². The molecule has 2 fully saturated rings. The average molecular weight is 273 g/mol. The van der Waals surface area contributed by atoms with Crippen molar-refractivity contribution in [2.24, 2.45) is 0 Å². The quantitative estimate of drug-likeness (QED) is 0.732. The molecule has 17 heavy (non-hydrogen) atoms. The minimum atomic E-state index is -0.858. The van der Waals surface area contributed by atoms with E-state index in [1.54, 1.807) is 0 Å². The number of rotatable bonds is 3. The first kappa shape index (κ1) is 13.8. The van der Waals surface area contributed by atoms with E-state index in [0.717, 1.165) is 13.2 Å². The highest BCUT2D eigenvalue weighted by Gasteiger charge is 2.55. The van der Waals surface area contributed by atoms with Gasteiger partial charge in [-0.05, 0) is 38.5 Å². The molecule has 2 heterocycles. The third-order valence-electron chi connectivity index (χ3n) is 4.93. The molecule has 2 nitrogen and oxygen atoms in total. The van der Waals surface area contributed by atoms with Gasteiger partial charge in [0.2, 0.25) is 0 Å². The van der Waals surface area contributed by atoms with Crippen molar-refractivity contribution < 1.29 is 9.47 Å². The van der Waals surface area contributed by atoms with Gasteiger partial charge in [0, 0.05) is 13.2 Å². The first-order chi connectivity index (χ1) is 8.17. The third kappa shape index (κ3) is 2.29. The van der Waals surface area contributed by atoms with Gasteiger partial charge in [0.15, 0.2) is 0 Å². The molecule has 0 aliphatic carbocycles. The van der Waals surface area contributed by atoms with Crippen molar-refractivity contribution in [2.45, 2.75) is 68.6 Å². The van der Waals surface area contributed by atoms with E-state index in [0.29, 0.717) is 0 Å². The largest absolute Gasteiger partial charge is 0.377 e. The molecule has 4 heteroatoms. The van der Waals surface area contributed by atoms with Gasteiger partial charge in [0.25, 0.3) is 0 Å². The summed E-state index contributed by atoms with van der Waals surface area (Å²) in [7, 11) is -1.05. The molecule has 2 aliphatic rings. The fraction of sp³-hybridized carbons (Fsp3) is 1.00. The summed E-state index contributed by atoms with van der Waals surface area (Å²) in [6.45, 7) is 9.32. The van der Waals surface area contributed by atoms with Crippen molar-refractivity contribution in [3.8, 4) is 0 Å². The van der Waals surface area contributed by atoms with Crippen LogP contribution in [0.5, 0.6) is 0 Å². The minimum absolute atomic E-state index is 0.173. The van der Waals surface area contributed by atoms with Crippen LogP contribution in [0.25, 0.3) is 0 Å². The van der Waals surface area contributed by atoms with Crippen LogP contribution in [-0.4, -0.2) is 42.0 Å². The molecule has 0 amide bonds. The monoisotopic (exact) mass is 272 g/mol. The second kappa shape index (κ2) is 5.55. The predicted molar refractivity (Wildman–Crippen MR) is 78.4 cm³/mol. The summed E-state index contributed by atoms with van der Waals surface area (Å²) in [6, 6.07) is 0. The van der Waals surface area contributed by atoms with Crippen molar-refractivity contribution in [1.29, 1.82) is 0 Å². The molecule has 0 saturated carbocycles. The topological polar surface area (TPSA) is 18.5 Å². The average Bonchev–Trinajstić information content (AvgIpc) is 2.40. The minimum Gasteiger partial charge on any atom is -0.377 e. The zero-order valence-electron chi connectivity index (χ0n) is 11.8. The lowest BCUT2D eigenvalue weighted by Crippen LogP contribution is -2.68. The van der Waals surface area contributed by atoms with Gasteiger partial charge >= 0.3 is 0 Å². The third-order valence-corrected chi connectivity index (χ3v) is 10.5. The Morgan fingerprint density at radius 3 is 2.00 bits per heavy atom. The van der Waals surface area contributed by atoms with E-state index >= 15 is 0 Å². The van der Waals surface area contributed by atoms with Crippen molar-refractivity contribution in [3.05, 3.63) is 0 Å². The highest BCUT2D eigenvalue weighted by molar-refractivity contribution is 6.62. The standard InChI is InChI=1S/C13H28O2Si2/c1-16-12(8-4-6-10-14-12)13(17(2)3)9-5-7-11-15-13/h17H,4-11,16H2,1-3H3. The van der Waals surface area contributed by atoms with E-state index in [1.165, 1.54) is 38.5 Å². The molecule has 2 atom stereocenters. The van der Waals surface area contributed by atoms with Crippen LogP contribution < -0.4 is 0 Å². The molecule has 0 aromatic heterocycles. The Morgan fingerprint density at radius 1 is 0.941 bits per heavy atom. The Balaban J connectivity index is 2.28. The molecule has 0 spiro atoms.